The molecule has 0 aliphatic carbocycles. The fourth-order valence-corrected chi connectivity index (χ4v) is 3.15. The van der Waals surface area contributed by atoms with Crippen LogP contribution in [0, 0.1) is 5.82 Å². The zero-order valence-corrected chi connectivity index (χ0v) is 14.0. The lowest BCUT2D eigenvalue weighted by Gasteiger charge is -2.17. The lowest BCUT2D eigenvalue weighted by molar-refractivity contribution is 0.0697. The number of rotatable bonds is 4. The fourth-order valence-electron chi connectivity index (χ4n) is 2.78. The summed E-state index contributed by atoms with van der Waals surface area (Å²) >= 11 is 3.28. The molecule has 0 bridgehead atoms. The van der Waals surface area contributed by atoms with Crippen LogP contribution in [-0.2, 0) is 6.42 Å². The van der Waals surface area contributed by atoms with Gasteiger partial charge >= 0.3 is 5.97 Å². The van der Waals surface area contributed by atoms with E-state index in [0.717, 1.165) is 6.07 Å². The number of pyridine rings is 2. The van der Waals surface area contributed by atoms with Gasteiger partial charge in [0.1, 0.15) is 5.82 Å². The number of hydrogen-bond acceptors (Lipinski definition) is 3. The SMILES string of the molecule is O=C(O)c1c(CCBr)n(-c2cccnc2)c(=O)c2c(F)cccc12. The Hall–Kier alpha value is -2.54. The predicted molar refractivity (Wildman–Crippen MR) is 91.8 cm³/mol. The van der Waals surface area contributed by atoms with Crippen molar-refractivity contribution in [3.05, 3.63) is 70.2 Å². The van der Waals surface area contributed by atoms with Crippen molar-refractivity contribution < 1.29 is 14.3 Å². The van der Waals surface area contributed by atoms with Gasteiger partial charge in [-0.15, -0.1) is 0 Å². The van der Waals surface area contributed by atoms with Gasteiger partial charge < -0.3 is 5.11 Å². The number of alkyl halides is 1. The second kappa shape index (κ2) is 6.52. The van der Waals surface area contributed by atoms with Gasteiger partial charge in [-0.1, -0.05) is 28.1 Å². The van der Waals surface area contributed by atoms with Gasteiger partial charge in [0.05, 0.1) is 22.8 Å². The van der Waals surface area contributed by atoms with E-state index >= 15 is 0 Å². The fraction of sp³-hybridized carbons (Fsp3) is 0.118. The van der Waals surface area contributed by atoms with E-state index in [0.29, 0.717) is 16.7 Å². The molecule has 1 aromatic carbocycles. The normalized spacial score (nSPS) is 10.9. The maximum atomic E-state index is 14.3. The van der Waals surface area contributed by atoms with Gasteiger partial charge in [-0.05, 0) is 24.6 Å². The summed E-state index contributed by atoms with van der Waals surface area (Å²) in [7, 11) is 0. The summed E-state index contributed by atoms with van der Waals surface area (Å²) in [6.07, 6.45) is 3.27. The lowest BCUT2D eigenvalue weighted by atomic mass is 10.0. The average Bonchev–Trinajstić information content (AvgIpc) is 2.55. The molecule has 0 saturated carbocycles. The van der Waals surface area contributed by atoms with Crippen LogP contribution in [0.3, 0.4) is 0 Å². The van der Waals surface area contributed by atoms with Crippen molar-refractivity contribution in [3.63, 3.8) is 0 Å². The monoisotopic (exact) mass is 390 g/mol. The molecule has 0 unspecified atom stereocenters. The molecule has 7 heteroatoms. The lowest BCUT2D eigenvalue weighted by Crippen LogP contribution is -2.27. The van der Waals surface area contributed by atoms with Crippen LogP contribution >= 0.6 is 15.9 Å². The molecule has 0 fully saturated rings. The molecule has 0 atom stereocenters. The van der Waals surface area contributed by atoms with Gasteiger partial charge in [0.2, 0.25) is 0 Å². The Labute approximate surface area is 144 Å². The van der Waals surface area contributed by atoms with E-state index in [9.17, 15) is 19.1 Å². The minimum Gasteiger partial charge on any atom is -0.478 e. The van der Waals surface area contributed by atoms with Crippen LogP contribution < -0.4 is 5.56 Å². The van der Waals surface area contributed by atoms with Crippen LogP contribution in [0.5, 0.6) is 0 Å². The summed E-state index contributed by atoms with van der Waals surface area (Å²) in [6.45, 7) is 0. The number of hydrogen-bond donors (Lipinski definition) is 1. The molecule has 3 rings (SSSR count). The van der Waals surface area contributed by atoms with Crippen LogP contribution in [0.4, 0.5) is 4.39 Å². The molecule has 0 amide bonds. The van der Waals surface area contributed by atoms with Gasteiger partial charge in [0.25, 0.3) is 5.56 Å². The summed E-state index contributed by atoms with van der Waals surface area (Å²) in [5.41, 5.74) is 0.0195. The van der Waals surface area contributed by atoms with E-state index in [1.54, 1.807) is 18.3 Å². The number of nitrogens with zero attached hydrogens (tertiary/aromatic N) is 2. The van der Waals surface area contributed by atoms with Crippen molar-refractivity contribution in [3.8, 4) is 5.69 Å². The second-order valence-electron chi connectivity index (χ2n) is 5.08. The van der Waals surface area contributed by atoms with Crippen LogP contribution in [-0.4, -0.2) is 26.0 Å². The highest BCUT2D eigenvalue weighted by molar-refractivity contribution is 9.09. The summed E-state index contributed by atoms with van der Waals surface area (Å²) < 4.78 is 15.5. The first-order chi connectivity index (χ1) is 11.6. The van der Waals surface area contributed by atoms with E-state index in [1.165, 1.54) is 22.9 Å². The number of carbonyl (C=O) groups is 1. The van der Waals surface area contributed by atoms with E-state index in [4.69, 9.17) is 0 Å². The van der Waals surface area contributed by atoms with E-state index in [2.05, 4.69) is 20.9 Å². The third-order valence-corrected chi connectivity index (χ3v) is 4.10. The molecule has 0 aliphatic rings. The highest BCUT2D eigenvalue weighted by atomic mass is 79.9. The minimum absolute atomic E-state index is 0.0765. The summed E-state index contributed by atoms with van der Waals surface area (Å²) in [5.74, 6) is -1.96. The minimum atomic E-state index is -1.21. The molecular weight excluding hydrogens is 379 g/mol. The van der Waals surface area contributed by atoms with Crippen LogP contribution in [0.25, 0.3) is 16.5 Å². The number of fused-ring (bicyclic) bond motifs is 1. The molecule has 1 N–H and O–H groups in total. The first-order valence-corrected chi connectivity index (χ1v) is 8.24. The van der Waals surface area contributed by atoms with Gasteiger partial charge in [0.15, 0.2) is 0 Å². The molecule has 0 radical (unpaired) electrons. The molecule has 3 aromatic rings. The Morgan fingerprint density at radius 1 is 1.29 bits per heavy atom. The van der Waals surface area contributed by atoms with E-state index < -0.39 is 17.3 Å². The third kappa shape index (κ3) is 2.60. The summed E-state index contributed by atoms with van der Waals surface area (Å²) in [6, 6.07) is 7.26. The van der Waals surface area contributed by atoms with E-state index in [-0.39, 0.29) is 22.8 Å². The van der Waals surface area contributed by atoms with Crippen LogP contribution in [0.15, 0.2) is 47.5 Å². The zero-order chi connectivity index (χ0) is 17.3. The molecule has 2 aromatic heterocycles. The second-order valence-corrected chi connectivity index (χ2v) is 5.87. The maximum Gasteiger partial charge on any atom is 0.338 e. The largest absolute Gasteiger partial charge is 0.478 e. The van der Waals surface area contributed by atoms with Crippen molar-refractivity contribution >= 4 is 32.7 Å². The highest BCUT2D eigenvalue weighted by Crippen LogP contribution is 2.25. The highest BCUT2D eigenvalue weighted by Gasteiger charge is 2.23. The van der Waals surface area contributed by atoms with Gasteiger partial charge in [-0.25, -0.2) is 9.18 Å². The van der Waals surface area contributed by atoms with Gasteiger partial charge in [0, 0.05) is 22.6 Å². The number of aromatic nitrogens is 2. The first-order valence-electron chi connectivity index (χ1n) is 7.12. The number of halogens is 2. The smallest absolute Gasteiger partial charge is 0.338 e. The number of carboxylic acids is 1. The molecule has 2 heterocycles. The average molecular weight is 391 g/mol. The Kier molecular flexibility index (Phi) is 4.44. The van der Waals surface area contributed by atoms with Crippen molar-refractivity contribution in [1.29, 1.82) is 0 Å². The van der Waals surface area contributed by atoms with Crippen LogP contribution in [0.2, 0.25) is 0 Å². The van der Waals surface area contributed by atoms with Crippen LogP contribution in [0.1, 0.15) is 16.1 Å². The number of carboxylic acid groups (broad SMARTS) is 1. The molecule has 0 saturated heterocycles. The maximum absolute atomic E-state index is 14.3. The summed E-state index contributed by atoms with van der Waals surface area (Å²) in [5, 5.41) is 9.99. The Morgan fingerprint density at radius 2 is 2.08 bits per heavy atom. The molecule has 0 aliphatic heterocycles. The van der Waals surface area contributed by atoms with Gasteiger partial charge in [-0.2, -0.15) is 0 Å². The molecule has 24 heavy (non-hydrogen) atoms. The molecule has 5 nitrogen and oxygen atoms in total. The number of benzene rings is 1. The van der Waals surface area contributed by atoms with Crippen molar-refractivity contribution in [2.24, 2.45) is 0 Å². The van der Waals surface area contributed by atoms with Crippen molar-refractivity contribution in [2.75, 3.05) is 5.33 Å². The van der Waals surface area contributed by atoms with Gasteiger partial charge in [-0.3, -0.25) is 14.3 Å². The topological polar surface area (TPSA) is 72.2 Å². The Morgan fingerprint density at radius 3 is 2.71 bits per heavy atom. The van der Waals surface area contributed by atoms with Crippen molar-refractivity contribution in [2.45, 2.75) is 6.42 Å². The Balaban J connectivity index is 2.57. The summed E-state index contributed by atoms with van der Waals surface area (Å²) in [4.78, 5) is 28.7. The predicted octanol–water partition coefficient (Wildman–Crippen LogP) is 3.16. The standard InChI is InChI=1S/C17H12BrFN2O3/c18-7-6-13-15(17(23)24)11-4-1-5-12(19)14(11)16(22)21(13)10-3-2-8-20-9-10/h1-5,8-9H,6-7H2,(H,23,24). The first kappa shape index (κ1) is 16.3. The van der Waals surface area contributed by atoms with E-state index in [1.807, 2.05) is 0 Å². The molecular formula is C17H12BrFN2O3. The van der Waals surface area contributed by atoms with Crippen molar-refractivity contribution in [1.82, 2.24) is 9.55 Å². The third-order valence-electron chi connectivity index (χ3n) is 3.71. The molecule has 122 valence electrons. The number of aromatic carboxylic acids is 1. The quantitative estimate of drug-likeness (QED) is 0.694. The molecule has 0 spiro atoms. The Bertz CT molecular complexity index is 987. The zero-order valence-electron chi connectivity index (χ0n) is 12.4.